The molecule has 0 saturated carbocycles. The second kappa shape index (κ2) is 5.27. The van der Waals surface area contributed by atoms with Crippen LogP contribution in [-0.4, -0.2) is 20.3 Å². The van der Waals surface area contributed by atoms with Crippen LogP contribution in [0.15, 0.2) is 30.3 Å². The molecule has 0 heterocycles. The third kappa shape index (κ3) is 2.27. The van der Waals surface area contributed by atoms with Crippen molar-refractivity contribution in [2.45, 2.75) is 19.4 Å². The quantitative estimate of drug-likeness (QED) is 0.900. The van der Waals surface area contributed by atoms with Crippen LogP contribution in [0.2, 0.25) is 0 Å². The molecule has 0 fully saturated rings. The summed E-state index contributed by atoms with van der Waals surface area (Å²) in [5.41, 5.74) is 7.05. The molecule has 96 valence electrons. The highest BCUT2D eigenvalue weighted by atomic mass is 16.5. The van der Waals surface area contributed by atoms with E-state index in [0.717, 1.165) is 28.9 Å². The van der Waals surface area contributed by atoms with Gasteiger partial charge in [-0.1, -0.05) is 24.3 Å². The van der Waals surface area contributed by atoms with Crippen molar-refractivity contribution in [1.29, 1.82) is 0 Å². The lowest BCUT2D eigenvalue weighted by molar-refractivity contribution is 0.352. The number of hydrogen-bond acceptors (Lipinski definition) is 3. The fourth-order valence-electron chi connectivity index (χ4n) is 2.28. The van der Waals surface area contributed by atoms with Crippen molar-refractivity contribution in [3.8, 4) is 11.5 Å². The van der Waals surface area contributed by atoms with Gasteiger partial charge in [0.1, 0.15) is 0 Å². The summed E-state index contributed by atoms with van der Waals surface area (Å²) in [7, 11) is 3.32. The van der Waals surface area contributed by atoms with Gasteiger partial charge in [0.25, 0.3) is 0 Å². The predicted octanol–water partition coefficient (Wildman–Crippen LogP) is 2.75. The van der Waals surface area contributed by atoms with Crippen LogP contribution in [0.1, 0.15) is 12.5 Å². The van der Waals surface area contributed by atoms with Gasteiger partial charge in [-0.15, -0.1) is 0 Å². The summed E-state index contributed by atoms with van der Waals surface area (Å²) < 4.78 is 10.9. The molecule has 2 aromatic rings. The number of methoxy groups -OCH3 is 2. The zero-order chi connectivity index (χ0) is 13.1. The van der Waals surface area contributed by atoms with Crippen LogP contribution in [0, 0.1) is 0 Å². The monoisotopic (exact) mass is 245 g/mol. The maximum absolute atomic E-state index is 5.93. The molecular formula is C15H19NO2. The Bertz CT molecular complexity index is 549. The zero-order valence-electron chi connectivity index (χ0n) is 11.1. The van der Waals surface area contributed by atoms with Gasteiger partial charge in [-0.25, -0.2) is 0 Å². The molecule has 0 saturated heterocycles. The average molecular weight is 245 g/mol. The number of nitrogens with two attached hydrogens (primary N) is 1. The van der Waals surface area contributed by atoms with Gasteiger partial charge < -0.3 is 15.2 Å². The van der Waals surface area contributed by atoms with Crippen molar-refractivity contribution in [3.05, 3.63) is 35.9 Å². The Hall–Kier alpha value is -1.74. The molecule has 0 bridgehead atoms. The first kappa shape index (κ1) is 12.7. The predicted molar refractivity (Wildman–Crippen MR) is 74.4 cm³/mol. The molecule has 2 N–H and O–H groups in total. The van der Waals surface area contributed by atoms with E-state index in [2.05, 4.69) is 12.1 Å². The Balaban J connectivity index is 2.73. The van der Waals surface area contributed by atoms with E-state index in [1.165, 1.54) is 5.39 Å². The summed E-state index contributed by atoms with van der Waals surface area (Å²) in [6, 6.07) is 10.3. The zero-order valence-corrected chi connectivity index (χ0v) is 11.1. The fourth-order valence-corrected chi connectivity index (χ4v) is 2.28. The van der Waals surface area contributed by atoms with Gasteiger partial charge in [0.2, 0.25) is 0 Å². The summed E-state index contributed by atoms with van der Waals surface area (Å²) >= 11 is 0. The van der Waals surface area contributed by atoms with E-state index >= 15 is 0 Å². The molecule has 2 rings (SSSR count). The highest BCUT2D eigenvalue weighted by Gasteiger charge is 2.15. The smallest absolute Gasteiger partial charge is 0.164 e. The molecular weight excluding hydrogens is 226 g/mol. The molecule has 0 aliphatic carbocycles. The first-order valence-corrected chi connectivity index (χ1v) is 6.05. The highest BCUT2D eigenvalue weighted by Crippen LogP contribution is 2.37. The van der Waals surface area contributed by atoms with Crippen LogP contribution < -0.4 is 15.2 Å². The Kier molecular flexibility index (Phi) is 3.72. The van der Waals surface area contributed by atoms with Gasteiger partial charge in [-0.2, -0.15) is 0 Å². The van der Waals surface area contributed by atoms with Gasteiger partial charge in [-0.3, -0.25) is 0 Å². The molecule has 1 unspecified atom stereocenters. The SMILES string of the molecule is COc1cc2ccccc2c(CC(C)N)c1OC. The highest BCUT2D eigenvalue weighted by molar-refractivity contribution is 5.90. The molecule has 0 spiro atoms. The number of fused-ring (bicyclic) bond motifs is 1. The van der Waals surface area contributed by atoms with Crippen LogP contribution in [0.5, 0.6) is 11.5 Å². The van der Waals surface area contributed by atoms with Gasteiger partial charge in [0.15, 0.2) is 11.5 Å². The topological polar surface area (TPSA) is 44.5 Å². The van der Waals surface area contributed by atoms with Crippen molar-refractivity contribution < 1.29 is 9.47 Å². The van der Waals surface area contributed by atoms with Crippen LogP contribution in [-0.2, 0) is 6.42 Å². The fraction of sp³-hybridized carbons (Fsp3) is 0.333. The van der Waals surface area contributed by atoms with Gasteiger partial charge in [0, 0.05) is 11.6 Å². The standard InChI is InChI=1S/C15H19NO2/c1-10(16)8-13-12-7-5-4-6-11(12)9-14(17-2)15(13)18-3/h4-7,9-10H,8,16H2,1-3H3. The minimum Gasteiger partial charge on any atom is -0.493 e. The second-order valence-corrected chi connectivity index (χ2v) is 4.49. The van der Waals surface area contributed by atoms with Crippen molar-refractivity contribution in [1.82, 2.24) is 0 Å². The molecule has 0 aromatic heterocycles. The lowest BCUT2D eigenvalue weighted by atomic mass is 9.98. The normalized spacial score (nSPS) is 12.4. The van der Waals surface area contributed by atoms with Crippen molar-refractivity contribution >= 4 is 10.8 Å². The summed E-state index contributed by atoms with van der Waals surface area (Å²) in [5.74, 6) is 1.54. The molecule has 0 radical (unpaired) electrons. The van der Waals surface area contributed by atoms with Gasteiger partial charge in [0.05, 0.1) is 14.2 Å². The Morgan fingerprint density at radius 2 is 1.89 bits per heavy atom. The summed E-state index contributed by atoms with van der Waals surface area (Å²) in [5, 5.41) is 2.32. The maximum atomic E-state index is 5.93. The number of rotatable bonds is 4. The van der Waals surface area contributed by atoms with E-state index in [-0.39, 0.29) is 6.04 Å². The molecule has 1 atom stereocenters. The van der Waals surface area contributed by atoms with Crippen LogP contribution in [0.4, 0.5) is 0 Å². The molecule has 18 heavy (non-hydrogen) atoms. The van der Waals surface area contributed by atoms with Gasteiger partial charge >= 0.3 is 0 Å². The largest absolute Gasteiger partial charge is 0.493 e. The van der Waals surface area contributed by atoms with Crippen molar-refractivity contribution in [2.75, 3.05) is 14.2 Å². The Morgan fingerprint density at radius 1 is 1.17 bits per heavy atom. The van der Waals surface area contributed by atoms with Gasteiger partial charge in [-0.05, 0) is 30.2 Å². The van der Waals surface area contributed by atoms with Crippen molar-refractivity contribution in [3.63, 3.8) is 0 Å². The van der Waals surface area contributed by atoms with Crippen LogP contribution >= 0.6 is 0 Å². The lowest BCUT2D eigenvalue weighted by Crippen LogP contribution is -2.18. The number of benzene rings is 2. The van der Waals surface area contributed by atoms with E-state index < -0.39 is 0 Å². The van der Waals surface area contributed by atoms with E-state index in [4.69, 9.17) is 15.2 Å². The molecule has 2 aromatic carbocycles. The maximum Gasteiger partial charge on any atom is 0.164 e. The Labute approximate surface area is 108 Å². The van der Waals surface area contributed by atoms with E-state index in [1.807, 2.05) is 25.1 Å². The van der Waals surface area contributed by atoms with E-state index in [0.29, 0.717) is 0 Å². The third-order valence-corrected chi connectivity index (χ3v) is 3.02. The van der Waals surface area contributed by atoms with Crippen molar-refractivity contribution in [2.24, 2.45) is 5.73 Å². The molecule has 0 aliphatic rings. The molecule has 3 nitrogen and oxygen atoms in total. The second-order valence-electron chi connectivity index (χ2n) is 4.49. The lowest BCUT2D eigenvalue weighted by Gasteiger charge is -2.17. The van der Waals surface area contributed by atoms with E-state index in [9.17, 15) is 0 Å². The summed E-state index contributed by atoms with van der Waals surface area (Å²) in [6.45, 7) is 1.99. The minimum atomic E-state index is 0.0782. The van der Waals surface area contributed by atoms with Crippen LogP contribution in [0.25, 0.3) is 10.8 Å². The Morgan fingerprint density at radius 3 is 2.50 bits per heavy atom. The molecule has 3 heteroatoms. The van der Waals surface area contributed by atoms with Crippen LogP contribution in [0.3, 0.4) is 0 Å². The minimum absolute atomic E-state index is 0.0782. The first-order valence-electron chi connectivity index (χ1n) is 6.05. The summed E-state index contributed by atoms with van der Waals surface area (Å²) in [4.78, 5) is 0. The first-order chi connectivity index (χ1) is 8.67. The third-order valence-electron chi connectivity index (χ3n) is 3.02. The number of ether oxygens (including phenoxy) is 2. The van der Waals surface area contributed by atoms with E-state index in [1.54, 1.807) is 14.2 Å². The number of hydrogen-bond donors (Lipinski definition) is 1. The molecule has 0 aliphatic heterocycles. The summed E-state index contributed by atoms with van der Waals surface area (Å²) in [6.07, 6.45) is 0.765. The average Bonchev–Trinajstić information content (AvgIpc) is 2.37. The molecule has 0 amide bonds.